The summed E-state index contributed by atoms with van der Waals surface area (Å²) in [5, 5.41) is 9.06. The van der Waals surface area contributed by atoms with Gasteiger partial charge in [-0.25, -0.2) is 0 Å². The van der Waals surface area contributed by atoms with Crippen molar-refractivity contribution in [2.24, 2.45) is 12.8 Å². The largest absolute Gasteiger partial charge is 0.366 e. The monoisotopic (exact) mass is 311 g/mol. The van der Waals surface area contributed by atoms with Gasteiger partial charge in [-0.2, -0.15) is 0 Å². The van der Waals surface area contributed by atoms with Crippen molar-refractivity contribution in [2.45, 2.75) is 11.6 Å². The van der Waals surface area contributed by atoms with Gasteiger partial charge in [0.25, 0.3) is 0 Å². The quantitative estimate of drug-likeness (QED) is 0.498. The molecule has 2 aromatic rings. The Morgan fingerprint density at radius 3 is 2.95 bits per heavy atom. The van der Waals surface area contributed by atoms with Crippen molar-refractivity contribution < 1.29 is 4.79 Å². The number of aromatic nitrogens is 4. The van der Waals surface area contributed by atoms with Crippen LogP contribution < -0.4 is 5.73 Å². The normalized spacial score (nSPS) is 10.7. The van der Waals surface area contributed by atoms with Crippen LogP contribution in [0.3, 0.4) is 0 Å². The van der Waals surface area contributed by atoms with E-state index in [1.165, 1.54) is 6.20 Å². The molecule has 20 heavy (non-hydrogen) atoms. The zero-order valence-electron chi connectivity index (χ0n) is 10.9. The average Bonchev–Trinajstić information content (AvgIpc) is 2.81. The van der Waals surface area contributed by atoms with E-state index in [0.29, 0.717) is 22.8 Å². The first-order valence-electron chi connectivity index (χ1n) is 5.97. The summed E-state index contributed by atoms with van der Waals surface area (Å²) >= 11 is 7.24. The van der Waals surface area contributed by atoms with Gasteiger partial charge in [-0.15, -0.1) is 21.8 Å². The molecule has 6 nitrogen and oxygen atoms in total. The Labute approximate surface area is 125 Å². The summed E-state index contributed by atoms with van der Waals surface area (Å²) in [6.07, 6.45) is 3.97. The second kappa shape index (κ2) is 6.71. The number of thioether (sulfide) groups is 1. The average molecular weight is 312 g/mol. The van der Waals surface area contributed by atoms with Gasteiger partial charge in [-0.1, -0.05) is 11.8 Å². The number of hydrogen-bond acceptors (Lipinski definition) is 5. The summed E-state index contributed by atoms with van der Waals surface area (Å²) in [7, 11) is 1.87. The molecule has 0 unspecified atom stereocenters. The van der Waals surface area contributed by atoms with Crippen LogP contribution in [0.4, 0.5) is 0 Å². The van der Waals surface area contributed by atoms with Gasteiger partial charge in [0.15, 0.2) is 11.0 Å². The predicted octanol–water partition coefficient (Wildman–Crippen LogP) is 1.70. The Hall–Kier alpha value is -1.60. The Morgan fingerprint density at radius 2 is 2.25 bits per heavy atom. The molecule has 106 valence electrons. The van der Waals surface area contributed by atoms with Crippen LogP contribution in [0.1, 0.15) is 16.8 Å². The highest BCUT2D eigenvalue weighted by Crippen LogP contribution is 2.23. The maximum atomic E-state index is 11.2. The first-order chi connectivity index (χ1) is 9.63. The molecule has 0 radical (unpaired) electrons. The standard InChI is InChI=1S/C12H14ClN5OS/c1-18-11(16-17-12(18)20-4-2-3-13)9-5-8(10(14)19)6-15-7-9/h5-7H,2-4H2,1H3,(H2,14,19). The third kappa shape index (κ3) is 3.29. The number of pyridine rings is 1. The van der Waals surface area contributed by atoms with Crippen LogP contribution in [-0.2, 0) is 7.05 Å². The molecule has 0 atom stereocenters. The van der Waals surface area contributed by atoms with Crippen LogP contribution in [0.15, 0.2) is 23.6 Å². The third-order valence-corrected chi connectivity index (χ3v) is 4.00. The molecule has 0 aliphatic rings. The summed E-state index contributed by atoms with van der Waals surface area (Å²) in [5.41, 5.74) is 6.30. The first-order valence-corrected chi connectivity index (χ1v) is 7.49. The van der Waals surface area contributed by atoms with E-state index in [0.717, 1.165) is 17.3 Å². The molecular weight excluding hydrogens is 298 g/mol. The van der Waals surface area contributed by atoms with Crippen molar-refractivity contribution in [3.05, 3.63) is 24.0 Å². The number of rotatable bonds is 6. The topological polar surface area (TPSA) is 86.7 Å². The summed E-state index contributed by atoms with van der Waals surface area (Å²) in [4.78, 5) is 15.2. The maximum absolute atomic E-state index is 11.2. The van der Waals surface area contributed by atoms with Crippen LogP contribution in [0.5, 0.6) is 0 Å². The van der Waals surface area contributed by atoms with E-state index in [1.54, 1.807) is 24.0 Å². The fourth-order valence-corrected chi connectivity index (χ4v) is 2.75. The van der Waals surface area contributed by atoms with Crippen molar-refractivity contribution >= 4 is 29.3 Å². The molecule has 0 spiro atoms. The fraction of sp³-hybridized carbons (Fsp3) is 0.333. The number of carbonyl (C=O) groups is 1. The van der Waals surface area contributed by atoms with Gasteiger partial charge in [0, 0.05) is 36.6 Å². The highest BCUT2D eigenvalue weighted by atomic mass is 35.5. The molecule has 8 heteroatoms. The van der Waals surface area contributed by atoms with Crippen LogP contribution in [0.2, 0.25) is 0 Å². The zero-order chi connectivity index (χ0) is 14.5. The third-order valence-electron chi connectivity index (χ3n) is 2.62. The molecule has 2 N–H and O–H groups in total. The second-order valence-electron chi connectivity index (χ2n) is 4.08. The summed E-state index contributed by atoms with van der Waals surface area (Å²) in [6.45, 7) is 0. The van der Waals surface area contributed by atoms with Crippen molar-refractivity contribution in [1.29, 1.82) is 0 Å². The molecule has 2 aromatic heterocycles. The highest BCUT2D eigenvalue weighted by Gasteiger charge is 2.12. The molecule has 2 heterocycles. The SMILES string of the molecule is Cn1c(SCCCCl)nnc1-c1cncc(C(N)=O)c1. The zero-order valence-corrected chi connectivity index (χ0v) is 12.5. The van der Waals surface area contributed by atoms with Crippen LogP contribution in [0.25, 0.3) is 11.4 Å². The van der Waals surface area contributed by atoms with Gasteiger partial charge in [-0.05, 0) is 12.5 Å². The lowest BCUT2D eigenvalue weighted by molar-refractivity contribution is 0.1000. The Kier molecular flexibility index (Phi) is 4.97. The minimum absolute atomic E-state index is 0.349. The molecule has 2 rings (SSSR count). The van der Waals surface area contributed by atoms with Crippen molar-refractivity contribution in [2.75, 3.05) is 11.6 Å². The minimum atomic E-state index is -0.516. The summed E-state index contributed by atoms with van der Waals surface area (Å²) in [6, 6.07) is 1.66. The van der Waals surface area contributed by atoms with Crippen LogP contribution in [0, 0.1) is 0 Å². The van der Waals surface area contributed by atoms with Gasteiger partial charge in [0.05, 0.1) is 5.56 Å². The lowest BCUT2D eigenvalue weighted by atomic mass is 10.2. The van der Waals surface area contributed by atoms with Crippen molar-refractivity contribution in [3.63, 3.8) is 0 Å². The van der Waals surface area contributed by atoms with Gasteiger partial charge in [0.1, 0.15) is 0 Å². The summed E-state index contributed by atoms with van der Waals surface area (Å²) < 4.78 is 1.86. The molecule has 0 bridgehead atoms. The number of halogens is 1. The smallest absolute Gasteiger partial charge is 0.250 e. The first kappa shape index (κ1) is 14.8. The Balaban J connectivity index is 2.25. The van der Waals surface area contributed by atoms with Crippen LogP contribution >= 0.6 is 23.4 Å². The second-order valence-corrected chi connectivity index (χ2v) is 5.52. The number of nitrogens with zero attached hydrogens (tertiary/aromatic N) is 4. The Morgan fingerprint density at radius 1 is 1.45 bits per heavy atom. The minimum Gasteiger partial charge on any atom is -0.366 e. The number of primary amides is 1. The van der Waals surface area contributed by atoms with E-state index >= 15 is 0 Å². The van der Waals surface area contributed by atoms with E-state index in [-0.39, 0.29) is 0 Å². The molecule has 0 saturated heterocycles. The molecule has 0 aromatic carbocycles. The fourth-order valence-electron chi connectivity index (χ4n) is 1.61. The van der Waals surface area contributed by atoms with E-state index in [9.17, 15) is 4.79 Å². The van der Waals surface area contributed by atoms with Crippen LogP contribution in [-0.4, -0.2) is 37.3 Å². The van der Waals surface area contributed by atoms with E-state index in [4.69, 9.17) is 17.3 Å². The number of carbonyl (C=O) groups excluding carboxylic acids is 1. The Bertz CT molecular complexity index is 616. The number of alkyl halides is 1. The molecule has 0 aliphatic carbocycles. The van der Waals surface area contributed by atoms with E-state index in [1.807, 2.05) is 11.6 Å². The highest BCUT2D eigenvalue weighted by molar-refractivity contribution is 7.99. The predicted molar refractivity (Wildman–Crippen MR) is 78.8 cm³/mol. The number of nitrogens with two attached hydrogens (primary N) is 1. The molecule has 0 aliphatic heterocycles. The number of amides is 1. The maximum Gasteiger partial charge on any atom is 0.250 e. The summed E-state index contributed by atoms with van der Waals surface area (Å²) in [5.74, 6) is 1.64. The van der Waals surface area contributed by atoms with Crippen molar-refractivity contribution in [3.8, 4) is 11.4 Å². The molecule has 1 amide bonds. The molecule has 0 fully saturated rings. The van der Waals surface area contributed by atoms with Gasteiger partial charge in [0.2, 0.25) is 5.91 Å². The van der Waals surface area contributed by atoms with E-state index in [2.05, 4.69) is 15.2 Å². The molecule has 0 saturated carbocycles. The lowest BCUT2D eigenvalue weighted by Gasteiger charge is -2.04. The van der Waals surface area contributed by atoms with Gasteiger partial charge in [-0.3, -0.25) is 9.78 Å². The van der Waals surface area contributed by atoms with Crippen molar-refractivity contribution in [1.82, 2.24) is 19.7 Å². The van der Waals surface area contributed by atoms with Gasteiger partial charge < -0.3 is 10.3 Å². The lowest BCUT2D eigenvalue weighted by Crippen LogP contribution is -2.11. The molecular formula is C12H14ClN5OS. The van der Waals surface area contributed by atoms with E-state index < -0.39 is 5.91 Å². The number of hydrogen-bond donors (Lipinski definition) is 1. The van der Waals surface area contributed by atoms with Gasteiger partial charge >= 0.3 is 0 Å².